The number of nitrogens with one attached hydrogen (secondary N) is 2. The lowest BCUT2D eigenvalue weighted by molar-refractivity contribution is -0.156. The molecule has 11 nitrogen and oxygen atoms in total. The van der Waals surface area contributed by atoms with Crippen molar-refractivity contribution < 1.29 is 27.4 Å². The highest BCUT2D eigenvalue weighted by Crippen LogP contribution is 2.40. The van der Waals surface area contributed by atoms with Crippen LogP contribution in [0.3, 0.4) is 0 Å². The van der Waals surface area contributed by atoms with Crippen LogP contribution in [0, 0.1) is 0 Å². The molecule has 1 amide bonds. The fourth-order valence-corrected chi connectivity index (χ4v) is 4.26. The molecule has 0 aromatic carbocycles. The number of methoxy groups -OCH3 is 1. The summed E-state index contributed by atoms with van der Waals surface area (Å²) in [4.78, 5) is 32.8. The molecule has 2 atom stereocenters. The van der Waals surface area contributed by atoms with Crippen molar-refractivity contribution in [3.63, 3.8) is 0 Å². The third-order valence-electron chi connectivity index (χ3n) is 6.19. The molecule has 0 radical (unpaired) electrons. The molecule has 4 heterocycles. The maximum absolute atomic E-state index is 13.4. The van der Waals surface area contributed by atoms with Crippen LogP contribution < -0.4 is 25.6 Å². The van der Waals surface area contributed by atoms with E-state index in [1.54, 1.807) is 25.1 Å². The molecule has 1 saturated heterocycles. The molecule has 1 fully saturated rings. The third kappa shape index (κ3) is 5.54. The normalized spacial score (nSPS) is 18.8. The van der Waals surface area contributed by atoms with Crippen molar-refractivity contribution in [2.45, 2.75) is 31.6 Å². The van der Waals surface area contributed by atoms with Crippen LogP contribution in [0.1, 0.15) is 24.9 Å². The van der Waals surface area contributed by atoms with E-state index in [-0.39, 0.29) is 31.2 Å². The van der Waals surface area contributed by atoms with E-state index in [4.69, 9.17) is 9.47 Å². The van der Waals surface area contributed by atoms with E-state index in [2.05, 4.69) is 20.4 Å². The van der Waals surface area contributed by atoms with Crippen LogP contribution in [0.25, 0.3) is 0 Å². The van der Waals surface area contributed by atoms with Crippen LogP contribution >= 0.6 is 0 Å². The number of pyridine rings is 1. The van der Waals surface area contributed by atoms with Crippen LogP contribution in [-0.4, -0.2) is 84.7 Å². The highest BCUT2D eigenvalue weighted by Gasteiger charge is 2.49. The molecule has 196 valence electrons. The number of anilines is 2. The summed E-state index contributed by atoms with van der Waals surface area (Å²) >= 11 is 0. The van der Waals surface area contributed by atoms with Gasteiger partial charge in [0.1, 0.15) is 11.6 Å². The van der Waals surface area contributed by atoms with Crippen LogP contribution in [0.2, 0.25) is 0 Å². The van der Waals surface area contributed by atoms with Gasteiger partial charge in [0, 0.05) is 26.2 Å². The summed E-state index contributed by atoms with van der Waals surface area (Å²) in [5.74, 6) is 1.45. The van der Waals surface area contributed by atoms with Gasteiger partial charge in [-0.05, 0) is 19.1 Å². The number of carbonyl (C=O) groups excluding carboxylic acids is 1. The lowest BCUT2D eigenvalue weighted by Gasteiger charge is -2.35. The van der Waals surface area contributed by atoms with Crippen molar-refractivity contribution in [1.29, 1.82) is 0 Å². The summed E-state index contributed by atoms with van der Waals surface area (Å²) in [6.07, 6.45) is -1.67. The molecule has 4 rings (SSSR count). The Labute approximate surface area is 205 Å². The van der Waals surface area contributed by atoms with Crippen molar-refractivity contribution in [2.75, 3.05) is 56.4 Å². The average Bonchev–Trinajstić information content (AvgIpc) is 3.28. The predicted molar refractivity (Wildman–Crippen MR) is 124 cm³/mol. The van der Waals surface area contributed by atoms with Crippen molar-refractivity contribution in [2.24, 2.45) is 0 Å². The first-order valence-electron chi connectivity index (χ1n) is 11.5. The Morgan fingerprint density at radius 3 is 2.61 bits per heavy atom. The molecule has 14 heteroatoms. The molecule has 0 spiro atoms. The lowest BCUT2D eigenvalue weighted by Crippen LogP contribution is -2.49. The number of carbonyl (C=O) groups is 1. The lowest BCUT2D eigenvalue weighted by atomic mass is 10.1. The van der Waals surface area contributed by atoms with Gasteiger partial charge in [-0.1, -0.05) is 0 Å². The summed E-state index contributed by atoms with van der Waals surface area (Å²) in [6.45, 7) is 4.24. The average molecular weight is 512 g/mol. The number of halogens is 3. The first-order chi connectivity index (χ1) is 17.2. The van der Waals surface area contributed by atoms with Crippen molar-refractivity contribution in [3.05, 3.63) is 40.4 Å². The number of hydrogen-bond acceptors (Lipinski definition) is 9. The quantitative estimate of drug-likeness (QED) is 0.505. The van der Waals surface area contributed by atoms with Crippen LogP contribution in [0.15, 0.2) is 29.3 Å². The zero-order valence-electron chi connectivity index (χ0n) is 19.9. The maximum Gasteiger partial charge on any atom is 0.409 e. The van der Waals surface area contributed by atoms with E-state index >= 15 is 0 Å². The van der Waals surface area contributed by atoms with Gasteiger partial charge in [0.05, 0.1) is 56.4 Å². The van der Waals surface area contributed by atoms with Gasteiger partial charge in [-0.15, -0.1) is 0 Å². The minimum atomic E-state index is -4.65. The smallest absolute Gasteiger partial charge is 0.409 e. The highest BCUT2D eigenvalue weighted by atomic mass is 19.4. The number of fused-ring (bicyclic) bond motifs is 1. The number of aromatic amines is 1. The van der Waals surface area contributed by atoms with E-state index in [0.29, 0.717) is 31.9 Å². The summed E-state index contributed by atoms with van der Waals surface area (Å²) < 4.78 is 51.0. The maximum atomic E-state index is 13.4. The van der Waals surface area contributed by atoms with E-state index in [9.17, 15) is 22.8 Å². The zero-order valence-corrected chi connectivity index (χ0v) is 19.9. The van der Waals surface area contributed by atoms with E-state index in [1.807, 2.05) is 17.2 Å². The number of nitrogens with zero attached hydrogens (tertiary/aromatic N) is 5. The van der Waals surface area contributed by atoms with Gasteiger partial charge in [0.25, 0.3) is 5.56 Å². The number of H-pyrrole nitrogens is 1. The minimum Gasteiger partial charge on any atom is -0.495 e. The first kappa shape index (κ1) is 25.7. The molecule has 2 aliphatic heterocycles. The fraction of sp³-hybridized carbons (Fsp3) is 0.545. The molecule has 0 saturated carbocycles. The largest absolute Gasteiger partial charge is 0.495 e. The number of hydrogen-bond donors (Lipinski definition) is 2. The SMILES string of the molecule is COc1ccc(N2CCN(C(=O)CCOCC(C)N3NC(C(F)(F)F)c4c3cn[nH]c4=O)CC2)nc1. The number of alkyl halides is 3. The summed E-state index contributed by atoms with van der Waals surface area (Å²) in [6, 6.07) is 1.04. The Morgan fingerprint density at radius 2 is 1.97 bits per heavy atom. The standard InChI is InChI=1S/C22H28F3N7O4/c1-14(32-16-12-27-28-21(34)19(16)20(29-32)22(23,24)25)13-36-10-5-18(33)31-8-6-30(7-9-31)17-4-3-15(35-2)11-26-17/h3-4,11-12,14,20,29H,5-10,13H2,1-2H3,(H,28,34). The Kier molecular flexibility index (Phi) is 7.64. The number of rotatable bonds is 8. The molecule has 0 bridgehead atoms. The fourth-order valence-electron chi connectivity index (χ4n) is 4.26. The molecule has 2 N–H and O–H groups in total. The molecule has 0 aliphatic carbocycles. The van der Waals surface area contributed by atoms with Crippen LogP contribution in [0.4, 0.5) is 24.7 Å². The summed E-state index contributed by atoms with van der Waals surface area (Å²) in [5, 5.41) is 6.91. The Morgan fingerprint density at radius 1 is 1.22 bits per heavy atom. The van der Waals surface area contributed by atoms with E-state index in [1.165, 1.54) is 11.2 Å². The molecule has 2 aromatic rings. The van der Waals surface area contributed by atoms with Gasteiger partial charge >= 0.3 is 6.18 Å². The van der Waals surface area contributed by atoms with E-state index < -0.39 is 29.4 Å². The number of hydrazine groups is 1. The third-order valence-corrected chi connectivity index (χ3v) is 6.19. The Bertz CT molecular complexity index is 1100. The monoisotopic (exact) mass is 511 g/mol. The summed E-state index contributed by atoms with van der Waals surface area (Å²) in [7, 11) is 1.58. The second-order valence-electron chi connectivity index (χ2n) is 8.57. The highest BCUT2D eigenvalue weighted by molar-refractivity contribution is 5.76. The molecule has 2 aliphatic rings. The summed E-state index contributed by atoms with van der Waals surface area (Å²) in [5.41, 5.74) is 1.07. The zero-order chi connectivity index (χ0) is 25.9. The Balaban J connectivity index is 1.22. The predicted octanol–water partition coefficient (Wildman–Crippen LogP) is 1.25. The van der Waals surface area contributed by atoms with Gasteiger partial charge in [0.15, 0.2) is 6.04 Å². The minimum absolute atomic E-state index is 0.0496. The number of amides is 1. The van der Waals surface area contributed by atoms with Crippen LogP contribution in [-0.2, 0) is 9.53 Å². The van der Waals surface area contributed by atoms with Crippen molar-refractivity contribution in [1.82, 2.24) is 25.5 Å². The van der Waals surface area contributed by atoms with Gasteiger partial charge < -0.3 is 24.3 Å². The second-order valence-corrected chi connectivity index (χ2v) is 8.57. The first-order valence-corrected chi connectivity index (χ1v) is 11.5. The van der Waals surface area contributed by atoms with Crippen molar-refractivity contribution >= 4 is 17.4 Å². The molecule has 36 heavy (non-hydrogen) atoms. The second kappa shape index (κ2) is 10.7. The van der Waals surface area contributed by atoms with Crippen LogP contribution in [0.5, 0.6) is 5.75 Å². The Hall–Kier alpha value is -3.39. The number of aromatic nitrogens is 3. The topological polar surface area (TPSA) is 116 Å². The van der Waals surface area contributed by atoms with Gasteiger partial charge in [0.2, 0.25) is 5.91 Å². The molecular weight excluding hydrogens is 483 g/mol. The number of piperazine rings is 1. The number of ether oxygens (including phenoxy) is 2. The van der Waals surface area contributed by atoms with Crippen molar-refractivity contribution in [3.8, 4) is 5.75 Å². The molecular formula is C22H28F3N7O4. The van der Waals surface area contributed by atoms with E-state index in [0.717, 1.165) is 5.82 Å². The van der Waals surface area contributed by atoms with Gasteiger partial charge in [-0.3, -0.25) is 9.59 Å². The van der Waals surface area contributed by atoms with Gasteiger partial charge in [-0.2, -0.15) is 18.3 Å². The molecule has 2 unspecified atom stereocenters. The molecule has 2 aromatic heterocycles. The van der Waals surface area contributed by atoms with Gasteiger partial charge in [-0.25, -0.2) is 15.5 Å².